The number of amides is 3. The van der Waals surface area contributed by atoms with Crippen LogP contribution in [0.1, 0.15) is 57.8 Å². The van der Waals surface area contributed by atoms with E-state index in [0.29, 0.717) is 24.2 Å². The van der Waals surface area contributed by atoms with Crippen LogP contribution in [0, 0.1) is 0 Å². The second kappa shape index (κ2) is 8.41. The van der Waals surface area contributed by atoms with Crippen molar-refractivity contribution in [3.05, 3.63) is 29.8 Å². The Labute approximate surface area is 160 Å². The molecule has 1 atom stereocenters. The molecule has 1 aliphatic rings. The van der Waals surface area contributed by atoms with Crippen molar-refractivity contribution >= 4 is 23.6 Å². The summed E-state index contributed by atoms with van der Waals surface area (Å²) in [6.07, 6.45) is 0.881. The molecule has 0 saturated carbocycles. The number of likely N-dealkylation sites (tertiary alicyclic amines) is 1. The van der Waals surface area contributed by atoms with Crippen molar-refractivity contribution in [2.75, 3.05) is 11.9 Å². The molecule has 2 N–H and O–H groups in total. The minimum atomic E-state index is -0.604. The van der Waals surface area contributed by atoms with E-state index in [0.717, 1.165) is 6.42 Å². The molecule has 0 spiro atoms. The zero-order valence-corrected chi connectivity index (χ0v) is 16.7. The number of carbonyl (C=O) groups is 3. The summed E-state index contributed by atoms with van der Waals surface area (Å²) >= 11 is 0. The smallest absolute Gasteiger partial charge is 0.410 e. The zero-order valence-electron chi connectivity index (χ0n) is 16.7. The third kappa shape index (κ3) is 5.98. The van der Waals surface area contributed by atoms with Crippen molar-refractivity contribution in [1.29, 1.82) is 0 Å². The number of nitrogens with one attached hydrogen (secondary N) is 2. The minimum Gasteiger partial charge on any atom is -0.444 e. The van der Waals surface area contributed by atoms with Gasteiger partial charge in [-0.15, -0.1) is 0 Å². The second-order valence-electron chi connectivity index (χ2n) is 8.03. The summed E-state index contributed by atoms with van der Waals surface area (Å²) in [4.78, 5) is 38.4. The Balaban J connectivity index is 1.99. The fourth-order valence-electron chi connectivity index (χ4n) is 2.85. The van der Waals surface area contributed by atoms with Crippen molar-refractivity contribution < 1.29 is 19.1 Å². The normalized spacial score (nSPS) is 17.0. The zero-order chi connectivity index (χ0) is 20.2. The van der Waals surface area contributed by atoms with Crippen molar-refractivity contribution in [3.63, 3.8) is 0 Å². The van der Waals surface area contributed by atoms with Gasteiger partial charge in [0, 0.05) is 23.8 Å². The SMILES string of the molecule is CC(C)NC(=O)c1ccc(NC(=O)[C@@H]2CCCN2C(=O)OC(C)(C)C)cc1. The predicted octanol–water partition coefficient (Wildman–Crippen LogP) is 3.16. The summed E-state index contributed by atoms with van der Waals surface area (Å²) < 4.78 is 5.39. The van der Waals surface area contributed by atoms with Crippen LogP contribution in [0.2, 0.25) is 0 Å². The van der Waals surface area contributed by atoms with Crippen LogP contribution in [0.3, 0.4) is 0 Å². The first-order chi connectivity index (χ1) is 12.6. The maximum atomic E-state index is 12.6. The van der Waals surface area contributed by atoms with Gasteiger partial charge in [-0.3, -0.25) is 14.5 Å². The molecule has 0 unspecified atom stereocenters. The molecular formula is C20H29N3O4. The number of carbonyl (C=O) groups excluding carboxylic acids is 3. The fraction of sp³-hybridized carbons (Fsp3) is 0.550. The Morgan fingerprint density at radius 3 is 2.33 bits per heavy atom. The first-order valence-electron chi connectivity index (χ1n) is 9.28. The van der Waals surface area contributed by atoms with Gasteiger partial charge in [0.1, 0.15) is 11.6 Å². The Bertz CT molecular complexity index is 692. The van der Waals surface area contributed by atoms with Crippen LogP contribution >= 0.6 is 0 Å². The number of nitrogens with zero attached hydrogens (tertiary/aromatic N) is 1. The molecule has 7 nitrogen and oxygen atoms in total. The van der Waals surface area contributed by atoms with E-state index >= 15 is 0 Å². The lowest BCUT2D eigenvalue weighted by molar-refractivity contribution is -0.120. The maximum Gasteiger partial charge on any atom is 0.410 e. The van der Waals surface area contributed by atoms with Crippen molar-refractivity contribution in [1.82, 2.24) is 10.2 Å². The van der Waals surface area contributed by atoms with Crippen LogP contribution in [0.15, 0.2) is 24.3 Å². The van der Waals surface area contributed by atoms with Gasteiger partial charge in [0.15, 0.2) is 0 Å². The van der Waals surface area contributed by atoms with Gasteiger partial charge in [0.05, 0.1) is 0 Å². The van der Waals surface area contributed by atoms with E-state index in [2.05, 4.69) is 10.6 Å². The lowest BCUT2D eigenvalue weighted by atomic mass is 10.1. The van der Waals surface area contributed by atoms with Gasteiger partial charge < -0.3 is 15.4 Å². The van der Waals surface area contributed by atoms with E-state index in [1.54, 1.807) is 45.0 Å². The molecule has 3 amide bonds. The first kappa shape index (κ1) is 20.7. The summed E-state index contributed by atoms with van der Waals surface area (Å²) in [5.74, 6) is -0.410. The van der Waals surface area contributed by atoms with Crippen LogP contribution < -0.4 is 10.6 Å². The van der Waals surface area contributed by atoms with Crippen LogP contribution in [0.5, 0.6) is 0 Å². The highest BCUT2D eigenvalue weighted by molar-refractivity contribution is 5.98. The number of anilines is 1. The van der Waals surface area contributed by atoms with E-state index in [9.17, 15) is 14.4 Å². The van der Waals surface area contributed by atoms with Gasteiger partial charge in [0.2, 0.25) is 5.91 Å². The molecule has 0 aromatic heterocycles. The Kier molecular flexibility index (Phi) is 6.46. The van der Waals surface area contributed by atoms with Gasteiger partial charge in [-0.25, -0.2) is 4.79 Å². The van der Waals surface area contributed by atoms with Crippen LogP contribution in [-0.4, -0.2) is 47.0 Å². The second-order valence-corrected chi connectivity index (χ2v) is 8.03. The monoisotopic (exact) mass is 375 g/mol. The average Bonchev–Trinajstić information content (AvgIpc) is 3.03. The van der Waals surface area contributed by atoms with Crippen molar-refractivity contribution in [3.8, 4) is 0 Å². The molecule has 0 radical (unpaired) electrons. The van der Waals surface area contributed by atoms with E-state index in [-0.39, 0.29) is 17.9 Å². The Hall–Kier alpha value is -2.57. The van der Waals surface area contributed by atoms with Crippen molar-refractivity contribution in [2.24, 2.45) is 0 Å². The maximum absolute atomic E-state index is 12.6. The highest BCUT2D eigenvalue weighted by atomic mass is 16.6. The van der Waals surface area contributed by atoms with Crippen LogP contribution in [0.25, 0.3) is 0 Å². The van der Waals surface area contributed by atoms with Gasteiger partial charge in [-0.2, -0.15) is 0 Å². The van der Waals surface area contributed by atoms with Crippen LogP contribution in [0.4, 0.5) is 10.5 Å². The molecule has 1 fully saturated rings. The summed E-state index contributed by atoms with van der Waals surface area (Å²) in [7, 11) is 0. The topological polar surface area (TPSA) is 87.7 Å². The summed E-state index contributed by atoms with van der Waals surface area (Å²) in [6, 6.07) is 6.18. The number of hydrogen-bond acceptors (Lipinski definition) is 4. The molecule has 0 aliphatic carbocycles. The average molecular weight is 375 g/mol. The highest BCUT2D eigenvalue weighted by Crippen LogP contribution is 2.22. The van der Waals surface area contributed by atoms with Crippen LogP contribution in [-0.2, 0) is 9.53 Å². The fourth-order valence-corrected chi connectivity index (χ4v) is 2.85. The third-order valence-electron chi connectivity index (χ3n) is 4.02. The molecule has 7 heteroatoms. The lowest BCUT2D eigenvalue weighted by Gasteiger charge is -2.28. The molecule has 1 heterocycles. The van der Waals surface area contributed by atoms with Crippen molar-refractivity contribution in [2.45, 2.75) is 65.1 Å². The number of ether oxygens (including phenoxy) is 1. The molecule has 27 heavy (non-hydrogen) atoms. The van der Waals surface area contributed by atoms with Gasteiger partial charge >= 0.3 is 6.09 Å². The Morgan fingerprint density at radius 1 is 1.15 bits per heavy atom. The van der Waals surface area contributed by atoms with E-state index in [1.807, 2.05) is 13.8 Å². The molecule has 0 bridgehead atoms. The number of benzene rings is 1. The van der Waals surface area contributed by atoms with E-state index in [1.165, 1.54) is 4.90 Å². The molecule has 1 saturated heterocycles. The molecular weight excluding hydrogens is 346 g/mol. The first-order valence-corrected chi connectivity index (χ1v) is 9.28. The third-order valence-corrected chi connectivity index (χ3v) is 4.02. The molecule has 1 aliphatic heterocycles. The molecule has 2 rings (SSSR count). The summed E-state index contributed by atoms with van der Waals surface area (Å²) in [5, 5.41) is 5.63. The number of hydrogen-bond donors (Lipinski definition) is 2. The Morgan fingerprint density at radius 2 is 1.78 bits per heavy atom. The largest absolute Gasteiger partial charge is 0.444 e. The standard InChI is InChI=1S/C20H29N3O4/c1-13(2)21-17(24)14-8-10-15(11-9-14)22-18(25)16-7-6-12-23(16)19(26)27-20(3,4)5/h8-11,13,16H,6-7,12H2,1-5H3,(H,21,24)(H,22,25)/t16-/m0/s1. The summed E-state index contributed by atoms with van der Waals surface area (Å²) in [5.41, 5.74) is 0.502. The van der Waals surface area contributed by atoms with E-state index in [4.69, 9.17) is 4.74 Å². The lowest BCUT2D eigenvalue weighted by Crippen LogP contribution is -2.45. The minimum absolute atomic E-state index is 0.0538. The highest BCUT2D eigenvalue weighted by Gasteiger charge is 2.36. The molecule has 148 valence electrons. The van der Waals surface area contributed by atoms with Gasteiger partial charge in [-0.05, 0) is 71.7 Å². The van der Waals surface area contributed by atoms with E-state index < -0.39 is 17.7 Å². The molecule has 1 aromatic rings. The molecule has 1 aromatic carbocycles. The predicted molar refractivity (Wildman–Crippen MR) is 104 cm³/mol. The van der Waals surface area contributed by atoms with Gasteiger partial charge in [-0.1, -0.05) is 0 Å². The summed E-state index contributed by atoms with van der Waals surface area (Å²) in [6.45, 7) is 9.68. The quantitative estimate of drug-likeness (QED) is 0.846. The number of rotatable bonds is 4. The van der Waals surface area contributed by atoms with Gasteiger partial charge in [0.25, 0.3) is 5.91 Å².